The summed E-state index contributed by atoms with van der Waals surface area (Å²) in [5, 5.41) is 6.92. The molecule has 2 aromatic carbocycles. The number of nitrogens with one attached hydrogen (secondary N) is 1. The summed E-state index contributed by atoms with van der Waals surface area (Å²) in [5.74, 6) is 0.584. The number of amides is 2. The molecule has 0 bridgehead atoms. The molecule has 1 aliphatic rings. The standard InChI is InChI=1S/C20H18BrFN4O2/c21-15-4-1-5-17(11-15)23-20(27)26-10-2-3-14(12-26)19-24-18(25-28-19)13-6-8-16(22)9-7-13/h1,4-9,11,14H,2-3,10,12H2,(H,23,27). The molecule has 0 spiro atoms. The van der Waals surface area contributed by atoms with Gasteiger partial charge in [-0.05, 0) is 55.3 Å². The second-order valence-corrected chi connectivity index (χ2v) is 7.60. The third kappa shape index (κ3) is 4.22. The fraction of sp³-hybridized carbons (Fsp3) is 0.250. The number of carbonyl (C=O) groups is 1. The Balaban J connectivity index is 1.43. The van der Waals surface area contributed by atoms with Crippen molar-refractivity contribution >= 4 is 27.6 Å². The smallest absolute Gasteiger partial charge is 0.321 e. The normalized spacial score (nSPS) is 16.8. The number of piperidine rings is 1. The van der Waals surface area contributed by atoms with Crippen LogP contribution in [0.4, 0.5) is 14.9 Å². The van der Waals surface area contributed by atoms with Crippen LogP contribution in [0.25, 0.3) is 11.4 Å². The van der Waals surface area contributed by atoms with Crippen LogP contribution in [0.15, 0.2) is 57.5 Å². The van der Waals surface area contributed by atoms with Gasteiger partial charge in [0.05, 0.1) is 5.92 Å². The number of halogens is 2. The molecule has 1 aliphatic heterocycles. The molecule has 28 heavy (non-hydrogen) atoms. The molecule has 6 nitrogen and oxygen atoms in total. The first-order valence-corrected chi connectivity index (χ1v) is 9.79. The van der Waals surface area contributed by atoms with Gasteiger partial charge >= 0.3 is 6.03 Å². The van der Waals surface area contributed by atoms with Crippen LogP contribution in [0.5, 0.6) is 0 Å². The zero-order chi connectivity index (χ0) is 19.5. The summed E-state index contributed by atoms with van der Waals surface area (Å²) in [6, 6.07) is 13.3. The first-order valence-electron chi connectivity index (χ1n) is 8.99. The largest absolute Gasteiger partial charge is 0.339 e. The molecule has 1 aromatic heterocycles. The van der Waals surface area contributed by atoms with Gasteiger partial charge in [-0.1, -0.05) is 27.2 Å². The summed E-state index contributed by atoms with van der Waals surface area (Å²) in [5.41, 5.74) is 1.43. The third-order valence-corrected chi connectivity index (χ3v) is 5.17. The first kappa shape index (κ1) is 18.6. The summed E-state index contributed by atoms with van der Waals surface area (Å²) in [7, 11) is 0. The predicted octanol–water partition coefficient (Wildman–Crippen LogP) is 5.05. The molecule has 1 atom stereocenters. The van der Waals surface area contributed by atoms with E-state index in [1.165, 1.54) is 12.1 Å². The average molecular weight is 445 g/mol. The molecule has 0 aliphatic carbocycles. The summed E-state index contributed by atoms with van der Waals surface area (Å²) in [4.78, 5) is 18.8. The van der Waals surface area contributed by atoms with Crippen molar-refractivity contribution < 1.29 is 13.7 Å². The fourth-order valence-electron chi connectivity index (χ4n) is 3.25. The van der Waals surface area contributed by atoms with E-state index in [9.17, 15) is 9.18 Å². The Labute approximate surface area is 169 Å². The number of benzene rings is 2. The number of carbonyl (C=O) groups excluding carboxylic acids is 1. The molecular weight excluding hydrogens is 427 g/mol. The summed E-state index contributed by atoms with van der Waals surface area (Å²) in [6.07, 6.45) is 1.72. The number of rotatable bonds is 3. The monoisotopic (exact) mass is 444 g/mol. The summed E-state index contributed by atoms with van der Waals surface area (Å²) >= 11 is 3.40. The molecular formula is C20H18BrFN4O2. The highest BCUT2D eigenvalue weighted by atomic mass is 79.9. The van der Waals surface area contributed by atoms with Crippen LogP contribution in [-0.4, -0.2) is 34.2 Å². The van der Waals surface area contributed by atoms with Gasteiger partial charge in [0.15, 0.2) is 0 Å². The van der Waals surface area contributed by atoms with E-state index in [-0.39, 0.29) is 17.8 Å². The topological polar surface area (TPSA) is 71.3 Å². The number of hydrogen-bond donors (Lipinski definition) is 1. The average Bonchev–Trinajstić information content (AvgIpc) is 3.19. The molecule has 1 N–H and O–H groups in total. The molecule has 0 saturated carbocycles. The van der Waals surface area contributed by atoms with E-state index in [4.69, 9.17) is 4.52 Å². The van der Waals surface area contributed by atoms with Gasteiger partial charge in [0.1, 0.15) is 5.82 Å². The van der Waals surface area contributed by atoms with Crippen molar-refractivity contribution in [1.82, 2.24) is 15.0 Å². The Morgan fingerprint density at radius 2 is 2.07 bits per heavy atom. The lowest BCUT2D eigenvalue weighted by Crippen LogP contribution is -2.41. The van der Waals surface area contributed by atoms with Gasteiger partial charge in [0.2, 0.25) is 11.7 Å². The number of nitrogens with zero attached hydrogens (tertiary/aromatic N) is 3. The lowest BCUT2D eigenvalue weighted by Gasteiger charge is -2.31. The highest BCUT2D eigenvalue weighted by molar-refractivity contribution is 9.10. The number of hydrogen-bond acceptors (Lipinski definition) is 4. The highest BCUT2D eigenvalue weighted by Gasteiger charge is 2.28. The van der Waals surface area contributed by atoms with Crippen molar-refractivity contribution in [3.05, 3.63) is 64.7 Å². The second kappa shape index (κ2) is 8.10. The van der Waals surface area contributed by atoms with E-state index in [0.29, 0.717) is 30.4 Å². The Morgan fingerprint density at radius 3 is 2.86 bits per heavy atom. The van der Waals surface area contributed by atoms with Gasteiger partial charge < -0.3 is 14.7 Å². The van der Waals surface area contributed by atoms with Gasteiger partial charge in [0.25, 0.3) is 0 Å². The molecule has 2 heterocycles. The van der Waals surface area contributed by atoms with Gasteiger partial charge in [-0.25, -0.2) is 9.18 Å². The van der Waals surface area contributed by atoms with E-state index >= 15 is 0 Å². The van der Waals surface area contributed by atoms with Crippen LogP contribution in [0.1, 0.15) is 24.7 Å². The number of aromatic nitrogens is 2. The van der Waals surface area contributed by atoms with Crippen molar-refractivity contribution in [1.29, 1.82) is 0 Å². The van der Waals surface area contributed by atoms with Crippen LogP contribution in [0, 0.1) is 5.82 Å². The van der Waals surface area contributed by atoms with Gasteiger partial charge in [-0.15, -0.1) is 0 Å². The molecule has 0 radical (unpaired) electrons. The maximum Gasteiger partial charge on any atom is 0.321 e. The quantitative estimate of drug-likeness (QED) is 0.613. The van der Waals surface area contributed by atoms with E-state index < -0.39 is 0 Å². The molecule has 8 heteroatoms. The van der Waals surface area contributed by atoms with Crippen LogP contribution in [0.2, 0.25) is 0 Å². The molecule has 1 unspecified atom stereocenters. The molecule has 3 aromatic rings. The van der Waals surface area contributed by atoms with Gasteiger partial charge in [0, 0.05) is 28.8 Å². The number of anilines is 1. The first-order chi connectivity index (χ1) is 13.6. The summed E-state index contributed by atoms with van der Waals surface area (Å²) in [6.45, 7) is 1.18. The zero-order valence-corrected chi connectivity index (χ0v) is 16.5. The van der Waals surface area contributed by atoms with Crippen molar-refractivity contribution in [2.24, 2.45) is 0 Å². The van der Waals surface area contributed by atoms with Gasteiger partial charge in [-0.3, -0.25) is 0 Å². The molecule has 2 amide bonds. The Hall–Kier alpha value is -2.74. The minimum atomic E-state index is -0.313. The maximum atomic E-state index is 13.1. The van der Waals surface area contributed by atoms with Crippen LogP contribution < -0.4 is 5.32 Å². The lowest BCUT2D eigenvalue weighted by atomic mass is 9.98. The maximum absolute atomic E-state index is 13.1. The lowest BCUT2D eigenvalue weighted by molar-refractivity contribution is 0.184. The van der Waals surface area contributed by atoms with Crippen molar-refractivity contribution in [2.75, 3.05) is 18.4 Å². The van der Waals surface area contributed by atoms with Crippen molar-refractivity contribution in [3.63, 3.8) is 0 Å². The van der Waals surface area contributed by atoms with Crippen LogP contribution in [0.3, 0.4) is 0 Å². The molecule has 1 fully saturated rings. The Bertz CT molecular complexity index is 976. The van der Waals surface area contributed by atoms with E-state index in [2.05, 4.69) is 31.4 Å². The summed E-state index contributed by atoms with van der Waals surface area (Å²) < 4.78 is 19.4. The molecule has 4 rings (SSSR count). The van der Waals surface area contributed by atoms with E-state index in [0.717, 1.165) is 23.0 Å². The fourth-order valence-corrected chi connectivity index (χ4v) is 3.65. The highest BCUT2D eigenvalue weighted by Crippen LogP contribution is 2.28. The third-order valence-electron chi connectivity index (χ3n) is 4.68. The Kier molecular flexibility index (Phi) is 5.38. The van der Waals surface area contributed by atoms with Crippen LogP contribution in [-0.2, 0) is 0 Å². The van der Waals surface area contributed by atoms with Crippen molar-refractivity contribution in [2.45, 2.75) is 18.8 Å². The Morgan fingerprint density at radius 1 is 1.25 bits per heavy atom. The molecule has 144 valence electrons. The number of likely N-dealkylation sites (tertiary alicyclic amines) is 1. The minimum Gasteiger partial charge on any atom is -0.339 e. The number of urea groups is 1. The van der Waals surface area contributed by atoms with E-state index in [1.807, 2.05) is 24.3 Å². The zero-order valence-electron chi connectivity index (χ0n) is 14.9. The molecule has 1 saturated heterocycles. The predicted molar refractivity (Wildman–Crippen MR) is 106 cm³/mol. The SMILES string of the molecule is O=C(Nc1cccc(Br)c1)N1CCCC(c2nc(-c3ccc(F)cc3)no2)C1. The van der Waals surface area contributed by atoms with Gasteiger partial charge in [-0.2, -0.15) is 4.98 Å². The second-order valence-electron chi connectivity index (χ2n) is 6.69. The van der Waals surface area contributed by atoms with Crippen molar-refractivity contribution in [3.8, 4) is 11.4 Å². The van der Waals surface area contributed by atoms with E-state index in [1.54, 1.807) is 17.0 Å². The van der Waals surface area contributed by atoms with Crippen LogP contribution >= 0.6 is 15.9 Å². The minimum absolute atomic E-state index is 0.0243.